The zero-order valence-electron chi connectivity index (χ0n) is 9.91. The lowest BCUT2D eigenvalue weighted by Crippen LogP contribution is -2.50. The molecule has 4 aliphatic carbocycles. The Kier molecular flexibility index (Phi) is 2.38. The highest BCUT2D eigenvalue weighted by Crippen LogP contribution is 2.60. The Bertz CT molecular complexity index is 353. The van der Waals surface area contributed by atoms with Crippen LogP contribution in [0.2, 0.25) is 0 Å². The molecule has 3 nitrogen and oxygen atoms in total. The van der Waals surface area contributed by atoms with Gasteiger partial charge in [0.2, 0.25) is 10.0 Å². The van der Waals surface area contributed by atoms with Crippen LogP contribution in [0.4, 0.5) is 0 Å². The van der Waals surface area contributed by atoms with E-state index < -0.39 is 10.0 Å². The smallest absolute Gasteiger partial charge is 0.211 e. The van der Waals surface area contributed by atoms with Gasteiger partial charge >= 0.3 is 0 Å². The standard InChI is InChI=1S/C12H21NO2S/c1-13-16(14,15)8-12-5-9-2-10(6-12)4-11(3-9)7-12/h9-11,13H,2-8H2,1H3. The van der Waals surface area contributed by atoms with E-state index >= 15 is 0 Å². The van der Waals surface area contributed by atoms with E-state index in [1.54, 1.807) is 0 Å². The fourth-order valence-corrected chi connectivity index (χ4v) is 6.25. The molecule has 4 fully saturated rings. The van der Waals surface area contributed by atoms with Crippen molar-refractivity contribution in [2.45, 2.75) is 38.5 Å². The van der Waals surface area contributed by atoms with Crippen molar-refractivity contribution in [3.8, 4) is 0 Å². The first-order chi connectivity index (χ1) is 7.50. The van der Waals surface area contributed by atoms with Crippen LogP contribution in [-0.2, 0) is 10.0 Å². The summed E-state index contributed by atoms with van der Waals surface area (Å²) in [6, 6.07) is 0. The molecule has 0 saturated heterocycles. The van der Waals surface area contributed by atoms with E-state index in [0.29, 0.717) is 5.75 Å². The molecule has 0 unspecified atom stereocenters. The van der Waals surface area contributed by atoms with Gasteiger partial charge in [-0.15, -0.1) is 0 Å². The molecule has 0 spiro atoms. The number of nitrogens with one attached hydrogen (secondary N) is 1. The van der Waals surface area contributed by atoms with Crippen molar-refractivity contribution in [2.24, 2.45) is 23.2 Å². The topological polar surface area (TPSA) is 46.2 Å². The second kappa shape index (κ2) is 3.45. The molecule has 0 aromatic rings. The number of sulfonamides is 1. The summed E-state index contributed by atoms with van der Waals surface area (Å²) in [6.07, 6.45) is 7.62. The molecular weight excluding hydrogens is 222 g/mol. The fourth-order valence-electron chi connectivity index (χ4n) is 4.94. The maximum atomic E-state index is 11.8. The van der Waals surface area contributed by atoms with Gasteiger partial charge in [0.15, 0.2) is 0 Å². The van der Waals surface area contributed by atoms with Crippen LogP contribution < -0.4 is 4.72 Å². The zero-order chi connectivity index (χ0) is 11.4. The van der Waals surface area contributed by atoms with E-state index in [1.807, 2.05) is 0 Å². The summed E-state index contributed by atoms with van der Waals surface area (Å²) in [7, 11) is -1.49. The highest BCUT2D eigenvalue weighted by molar-refractivity contribution is 7.89. The Morgan fingerprint density at radius 1 is 1.06 bits per heavy atom. The third-order valence-electron chi connectivity index (χ3n) is 4.97. The van der Waals surface area contributed by atoms with Gasteiger partial charge in [0.05, 0.1) is 5.75 Å². The average molecular weight is 243 g/mol. The minimum absolute atomic E-state index is 0.136. The van der Waals surface area contributed by atoms with Gasteiger partial charge in [-0.1, -0.05) is 0 Å². The highest BCUT2D eigenvalue weighted by Gasteiger charge is 2.52. The summed E-state index contributed by atoms with van der Waals surface area (Å²) in [5.41, 5.74) is 0.136. The second-order valence-corrected chi connectivity index (χ2v) is 8.31. The molecule has 0 amide bonds. The van der Waals surface area contributed by atoms with E-state index in [1.165, 1.54) is 45.6 Å². The Morgan fingerprint density at radius 2 is 1.50 bits per heavy atom. The second-order valence-electron chi connectivity index (χ2n) is 6.38. The Hall–Kier alpha value is -0.0900. The number of hydrogen-bond donors (Lipinski definition) is 1. The molecule has 16 heavy (non-hydrogen) atoms. The molecular formula is C12H21NO2S. The molecule has 4 saturated carbocycles. The van der Waals surface area contributed by atoms with Crippen LogP contribution in [-0.4, -0.2) is 21.2 Å². The van der Waals surface area contributed by atoms with Crippen molar-refractivity contribution < 1.29 is 8.42 Å². The average Bonchev–Trinajstić information content (AvgIpc) is 2.13. The fraction of sp³-hybridized carbons (Fsp3) is 1.00. The lowest BCUT2D eigenvalue weighted by molar-refractivity contribution is -0.0391. The van der Waals surface area contributed by atoms with Crippen molar-refractivity contribution in [1.29, 1.82) is 0 Å². The van der Waals surface area contributed by atoms with Gasteiger partial charge in [-0.25, -0.2) is 13.1 Å². The third kappa shape index (κ3) is 1.80. The van der Waals surface area contributed by atoms with Crippen LogP contribution in [0, 0.1) is 23.2 Å². The number of rotatable bonds is 3. The molecule has 92 valence electrons. The zero-order valence-corrected chi connectivity index (χ0v) is 10.7. The molecule has 0 aliphatic heterocycles. The van der Waals surface area contributed by atoms with E-state index in [9.17, 15) is 8.42 Å². The normalized spacial score (nSPS) is 46.2. The van der Waals surface area contributed by atoms with Gasteiger partial charge < -0.3 is 0 Å². The first-order valence-corrected chi connectivity index (χ1v) is 8.07. The maximum absolute atomic E-state index is 11.8. The monoisotopic (exact) mass is 243 g/mol. The van der Waals surface area contributed by atoms with Crippen molar-refractivity contribution >= 4 is 10.0 Å². The van der Waals surface area contributed by atoms with E-state index in [0.717, 1.165) is 17.8 Å². The van der Waals surface area contributed by atoms with Gasteiger partial charge in [-0.3, -0.25) is 0 Å². The summed E-state index contributed by atoms with van der Waals surface area (Å²) in [5, 5.41) is 0. The molecule has 0 atom stereocenters. The van der Waals surface area contributed by atoms with Gasteiger partial charge in [-0.05, 0) is 68.7 Å². The SMILES string of the molecule is CNS(=O)(=O)CC12CC3CC(CC(C3)C1)C2. The lowest BCUT2D eigenvalue weighted by atomic mass is 9.50. The molecule has 0 heterocycles. The molecule has 4 bridgehead atoms. The van der Waals surface area contributed by atoms with Crippen LogP contribution >= 0.6 is 0 Å². The largest absolute Gasteiger partial charge is 0.218 e. The van der Waals surface area contributed by atoms with E-state index in [4.69, 9.17) is 0 Å². The summed E-state index contributed by atoms with van der Waals surface area (Å²) in [6.45, 7) is 0. The molecule has 0 aromatic carbocycles. The predicted molar refractivity (Wildman–Crippen MR) is 63.5 cm³/mol. The Balaban J connectivity index is 1.84. The van der Waals surface area contributed by atoms with Crippen LogP contribution in [0.25, 0.3) is 0 Å². The summed E-state index contributed by atoms with van der Waals surface area (Å²) < 4.78 is 26.0. The van der Waals surface area contributed by atoms with Crippen LogP contribution in [0.1, 0.15) is 38.5 Å². The molecule has 1 N–H and O–H groups in total. The minimum Gasteiger partial charge on any atom is -0.218 e. The van der Waals surface area contributed by atoms with Gasteiger partial charge in [-0.2, -0.15) is 0 Å². The lowest BCUT2D eigenvalue weighted by Gasteiger charge is -2.56. The summed E-state index contributed by atoms with van der Waals surface area (Å²) >= 11 is 0. The Morgan fingerprint density at radius 3 is 1.88 bits per heavy atom. The first kappa shape index (κ1) is 11.0. The summed E-state index contributed by atoms with van der Waals surface area (Å²) in [4.78, 5) is 0. The van der Waals surface area contributed by atoms with Crippen LogP contribution in [0.3, 0.4) is 0 Å². The van der Waals surface area contributed by atoms with Crippen LogP contribution in [0.15, 0.2) is 0 Å². The quantitative estimate of drug-likeness (QED) is 0.821. The van der Waals surface area contributed by atoms with E-state index in [2.05, 4.69) is 4.72 Å². The molecule has 0 radical (unpaired) electrons. The molecule has 4 heteroatoms. The first-order valence-electron chi connectivity index (χ1n) is 6.41. The Labute approximate surface area is 98.0 Å². The summed E-state index contributed by atoms with van der Waals surface area (Å²) in [5.74, 6) is 2.87. The van der Waals surface area contributed by atoms with Gasteiger partial charge in [0.25, 0.3) is 0 Å². The predicted octanol–water partition coefficient (Wildman–Crippen LogP) is 1.75. The maximum Gasteiger partial charge on any atom is 0.211 e. The molecule has 4 rings (SSSR count). The number of hydrogen-bond acceptors (Lipinski definition) is 2. The molecule has 4 aliphatic rings. The molecule has 0 aromatic heterocycles. The van der Waals surface area contributed by atoms with Crippen molar-refractivity contribution in [1.82, 2.24) is 4.72 Å². The van der Waals surface area contributed by atoms with Crippen LogP contribution in [0.5, 0.6) is 0 Å². The van der Waals surface area contributed by atoms with Crippen molar-refractivity contribution in [3.05, 3.63) is 0 Å². The minimum atomic E-state index is -3.03. The highest BCUT2D eigenvalue weighted by atomic mass is 32.2. The van der Waals surface area contributed by atoms with Crippen molar-refractivity contribution in [2.75, 3.05) is 12.8 Å². The van der Waals surface area contributed by atoms with E-state index in [-0.39, 0.29) is 5.41 Å². The third-order valence-corrected chi connectivity index (χ3v) is 6.59. The van der Waals surface area contributed by atoms with Gasteiger partial charge in [0, 0.05) is 0 Å². The van der Waals surface area contributed by atoms with Gasteiger partial charge in [0.1, 0.15) is 0 Å². The van der Waals surface area contributed by atoms with Crippen molar-refractivity contribution in [3.63, 3.8) is 0 Å².